The van der Waals surface area contributed by atoms with E-state index in [0.29, 0.717) is 0 Å². The average molecular weight is 209 g/mol. The van der Waals surface area contributed by atoms with Crippen molar-refractivity contribution in [1.82, 2.24) is 5.32 Å². The molecule has 1 aromatic carbocycles. The highest BCUT2D eigenvalue weighted by molar-refractivity contribution is 5.17. The predicted molar refractivity (Wildman–Crippen MR) is 57.1 cm³/mol. The van der Waals surface area contributed by atoms with Crippen molar-refractivity contribution < 1.29 is 9.50 Å². The summed E-state index contributed by atoms with van der Waals surface area (Å²) in [6.07, 6.45) is 1.28. The maximum atomic E-state index is 12.9. The van der Waals surface area contributed by atoms with Gasteiger partial charge in [-0.05, 0) is 37.1 Å². The van der Waals surface area contributed by atoms with Gasteiger partial charge in [0.2, 0.25) is 0 Å². The van der Waals surface area contributed by atoms with Gasteiger partial charge in [-0.1, -0.05) is 12.1 Å². The second-order valence-corrected chi connectivity index (χ2v) is 4.15. The van der Waals surface area contributed by atoms with E-state index in [2.05, 4.69) is 5.32 Å². The molecule has 0 aromatic heterocycles. The van der Waals surface area contributed by atoms with Crippen molar-refractivity contribution in [3.63, 3.8) is 0 Å². The van der Waals surface area contributed by atoms with Gasteiger partial charge in [-0.3, -0.25) is 0 Å². The van der Waals surface area contributed by atoms with E-state index in [1.807, 2.05) is 6.07 Å². The summed E-state index contributed by atoms with van der Waals surface area (Å²) in [5.41, 5.74) is 0.961. The van der Waals surface area contributed by atoms with Gasteiger partial charge < -0.3 is 10.4 Å². The molecule has 1 saturated heterocycles. The molecule has 1 heterocycles. The molecular weight excluding hydrogens is 193 g/mol. The molecular formula is C12H16FNO. The van der Waals surface area contributed by atoms with E-state index >= 15 is 0 Å². The fraction of sp³-hybridized carbons (Fsp3) is 0.500. The number of nitrogens with one attached hydrogen (secondary N) is 1. The third kappa shape index (κ3) is 2.76. The zero-order chi connectivity index (χ0) is 10.7. The van der Waals surface area contributed by atoms with Gasteiger partial charge in [-0.25, -0.2) is 4.39 Å². The quantitative estimate of drug-likeness (QED) is 0.770. The minimum atomic E-state index is -0.255. The third-order valence-corrected chi connectivity index (χ3v) is 2.95. The first kappa shape index (κ1) is 10.6. The third-order valence-electron chi connectivity index (χ3n) is 2.95. The smallest absolute Gasteiger partial charge is 0.123 e. The molecule has 0 aliphatic carbocycles. The van der Waals surface area contributed by atoms with Crippen molar-refractivity contribution in [1.29, 1.82) is 0 Å². The molecule has 0 saturated carbocycles. The van der Waals surface area contributed by atoms with E-state index in [0.717, 1.165) is 31.5 Å². The van der Waals surface area contributed by atoms with Crippen LogP contribution in [0.25, 0.3) is 0 Å². The minimum absolute atomic E-state index is 0.203. The maximum Gasteiger partial charge on any atom is 0.123 e. The summed E-state index contributed by atoms with van der Waals surface area (Å²) >= 11 is 0. The lowest BCUT2D eigenvalue weighted by Crippen LogP contribution is -2.40. The zero-order valence-corrected chi connectivity index (χ0v) is 8.62. The molecule has 3 heteroatoms. The van der Waals surface area contributed by atoms with Crippen LogP contribution in [-0.2, 0) is 6.42 Å². The highest BCUT2D eigenvalue weighted by Gasteiger charge is 2.22. The van der Waals surface area contributed by atoms with Crippen LogP contribution < -0.4 is 5.32 Å². The molecule has 0 amide bonds. The fourth-order valence-corrected chi connectivity index (χ4v) is 2.08. The number of hydrogen-bond acceptors (Lipinski definition) is 2. The number of piperidine rings is 1. The molecule has 0 spiro atoms. The Morgan fingerprint density at radius 2 is 2.33 bits per heavy atom. The first-order valence-corrected chi connectivity index (χ1v) is 5.39. The molecule has 15 heavy (non-hydrogen) atoms. The molecule has 2 N–H and O–H groups in total. The molecule has 0 radical (unpaired) electrons. The number of aliphatic hydroxyl groups excluding tert-OH is 1. The van der Waals surface area contributed by atoms with Gasteiger partial charge in [0, 0.05) is 12.5 Å². The highest BCUT2D eigenvalue weighted by Crippen LogP contribution is 2.17. The monoisotopic (exact) mass is 209 g/mol. The van der Waals surface area contributed by atoms with Crippen LogP contribution in [0.5, 0.6) is 0 Å². The van der Waals surface area contributed by atoms with E-state index < -0.39 is 0 Å². The van der Waals surface area contributed by atoms with Crippen molar-refractivity contribution in [2.24, 2.45) is 5.92 Å². The summed E-state index contributed by atoms with van der Waals surface area (Å²) in [6, 6.07) is 6.61. The summed E-state index contributed by atoms with van der Waals surface area (Å²) < 4.78 is 12.9. The number of hydrogen-bond donors (Lipinski definition) is 2. The zero-order valence-electron chi connectivity index (χ0n) is 8.62. The van der Waals surface area contributed by atoms with Crippen LogP contribution in [0, 0.1) is 11.7 Å². The Morgan fingerprint density at radius 3 is 3.07 bits per heavy atom. The van der Waals surface area contributed by atoms with Gasteiger partial charge in [0.1, 0.15) is 5.82 Å². The number of aliphatic hydroxyl groups is 1. The normalized spacial score (nSPS) is 26.5. The average Bonchev–Trinajstić information content (AvgIpc) is 2.22. The van der Waals surface area contributed by atoms with Crippen LogP contribution in [0.15, 0.2) is 24.3 Å². The molecule has 2 atom stereocenters. The SMILES string of the molecule is OC1CCNCC1Cc1cccc(F)c1. The Kier molecular flexibility index (Phi) is 3.34. The molecule has 1 aliphatic heterocycles. The molecule has 82 valence electrons. The van der Waals surface area contributed by atoms with Crippen LogP contribution in [0.2, 0.25) is 0 Å². The molecule has 2 rings (SSSR count). The number of rotatable bonds is 2. The summed E-state index contributed by atoms with van der Waals surface area (Å²) in [6.45, 7) is 1.69. The second-order valence-electron chi connectivity index (χ2n) is 4.15. The Bertz CT molecular complexity index is 329. The lowest BCUT2D eigenvalue weighted by Gasteiger charge is -2.28. The Morgan fingerprint density at radius 1 is 1.47 bits per heavy atom. The Hall–Kier alpha value is -0.930. The van der Waals surface area contributed by atoms with E-state index in [-0.39, 0.29) is 17.8 Å². The lowest BCUT2D eigenvalue weighted by atomic mass is 9.90. The van der Waals surface area contributed by atoms with E-state index in [1.54, 1.807) is 12.1 Å². The second kappa shape index (κ2) is 4.73. The minimum Gasteiger partial charge on any atom is -0.393 e. The standard InChI is InChI=1S/C12H16FNO/c13-11-3-1-2-9(7-11)6-10-8-14-5-4-12(10)15/h1-3,7,10,12,14-15H,4-6,8H2. The molecule has 0 bridgehead atoms. The predicted octanol–water partition coefficient (Wildman–Crippen LogP) is 1.34. The summed E-state index contributed by atoms with van der Waals surface area (Å²) in [7, 11) is 0. The van der Waals surface area contributed by atoms with Crippen molar-refractivity contribution in [2.75, 3.05) is 13.1 Å². The highest BCUT2D eigenvalue weighted by atomic mass is 19.1. The van der Waals surface area contributed by atoms with Crippen molar-refractivity contribution >= 4 is 0 Å². The van der Waals surface area contributed by atoms with Gasteiger partial charge in [0.05, 0.1) is 6.10 Å². The van der Waals surface area contributed by atoms with Gasteiger partial charge >= 0.3 is 0 Å². The summed E-state index contributed by atoms with van der Waals surface area (Å²) in [5, 5.41) is 13.0. The molecule has 1 aromatic rings. The van der Waals surface area contributed by atoms with E-state index in [4.69, 9.17) is 0 Å². The van der Waals surface area contributed by atoms with Crippen LogP contribution in [0.1, 0.15) is 12.0 Å². The Balaban J connectivity index is 2.01. The first-order chi connectivity index (χ1) is 7.25. The summed E-state index contributed by atoms with van der Waals surface area (Å²) in [4.78, 5) is 0. The summed E-state index contributed by atoms with van der Waals surface area (Å²) in [5.74, 6) is 0.00584. The van der Waals surface area contributed by atoms with Gasteiger partial charge in [0.25, 0.3) is 0 Å². The molecule has 1 fully saturated rings. The Labute approximate surface area is 89.1 Å². The topological polar surface area (TPSA) is 32.3 Å². The molecule has 2 unspecified atom stereocenters. The van der Waals surface area contributed by atoms with Crippen molar-refractivity contribution in [2.45, 2.75) is 18.9 Å². The van der Waals surface area contributed by atoms with Gasteiger partial charge in [-0.2, -0.15) is 0 Å². The first-order valence-electron chi connectivity index (χ1n) is 5.39. The van der Waals surface area contributed by atoms with Crippen LogP contribution in [-0.4, -0.2) is 24.3 Å². The fourth-order valence-electron chi connectivity index (χ4n) is 2.08. The number of halogens is 1. The lowest BCUT2D eigenvalue weighted by molar-refractivity contribution is 0.0791. The van der Waals surface area contributed by atoms with E-state index in [1.165, 1.54) is 6.07 Å². The van der Waals surface area contributed by atoms with Crippen LogP contribution in [0.3, 0.4) is 0 Å². The number of benzene rings is 1. The molecule has 1 aliphatic rings. The van der Waals surface area contributed by atoms with Crippen LogP contribution >= 0.6 is 0 Å². The molecule has 2 nitrogen and oxygen atoms in total. The maximum absolute atomic E-state index is 12.9. The van der Waals surface area contributed by atoms with Crippen LogP contribution in [0.4, 0.5) is 4.39 Å². The van der Waals surface area contributed by atoms with Gasteiger partial charge in [0.15, 0.2) is 0 Å². The van der Waals surface area contributed by atoms with Gasteiger partial charge in [-0.15, -0.1) is 0 Å². The van der Waals surface area contributed by atoms with Crippen molar-refractivity contribution in [3.05, 3.63) is 35.6 Å². The van der Waals surface area contributed by atoms with Crippen molar-refractivity contribution in [3.8, 4) is 0 Å². The van der Waals surface area contributed by atoms with E-state index in [9.17, 15) is 9.50 Å². The largest absolute Gasteiger partial charge is 0.393 e.